The maximum atomic E-state index is 7.38. The molecule has 0 saturated carbocycles. The van der Waals surface area contributed by atoms with Gasteiger partial charge < -0.3 is 15.7 Å². The van der Waals surface area contributed by atoms with Crippen LogP contribution in [0.1, 0.15) is 5.56 Å². The number of H-pyrrole nitrogens is 2. The van der Waals surface area contributed by atoms with Crippen molar-refractivity contribution in [2.24, 2.45) is 5.73 Å². The summed E-state index contributed by atoms with van der Waals surface area (Å²) in [4.78, 5) is 14.6. The van der Waals surface area contributed by atoms with Crippen LogP contribution in [0.5, 0.6) is 0 Å². The number of nitrogens with two attached hydrogens (primary N) is 1. The van der Waals surface area contributed by atoms with Gasteiger partial charge in [-0.3, -0.25) is 5.41 Å². The molecule has 3 aromatic rings. The van der Waals surface area contributed by atoms with E-state index < -0.39 is 0 Å². The molecule has 19 heavy (non-hydrogen) atoms. The molecule has 6 nitrogen and oxygen atoms in total. The van der Waals surface area contributed by atoms with E-state index in [1.807, 2.05) is 6.07 Å². The Hall–Kier alpha value is -2.05. The summed E-state index contributed by atoms with van der Waals surface area (Å²) < 4.78 is 0. The van der Waals surface area contributed by atoms with Crippen LogP contribution < -0.4 is 5.73 Å². The maximum Gasteiger partial charge on any atom is 0.158 e. The van der Waals surface area contributed by atoms with Gasteiger partial charge in [-0.2, -0.15) is 0 Å². The Balaban J connectivity index is 0.000000902. The summed E-state index contributed by atoms with van der Waals surface area (Å²) in [6, 6.07) is 5.43. The van der Waals surface area contributed by atoms with Crippen LogP contribution in [0.3, 0.4) is 0 Å². The summed E-state index contributed by atoms with van der Waals surface area (Å²) in [6.45, 7) is 0. The number of nitrogens with zero attached hydrogens (tertiary/aromatic N) is 2. The van der Waals surface area contributed by atoms with Crippen molar-refractivity contribution in [1.82, 2.24) is 19.9 Å². The van der Waals surface area contributed by atoms with E-state index >= 15 is 0 Å². The van der Waals surface area contributed by atoms with Gasteiger partial charge in [0.05, 0.1) is 17.4 Å². The summed E-state index contributed by atoms with van der Waals surface area (Å²) in [5, 5.41) is 7.38. The molecule has 0 amide bonds. The first-order chi connectivity index (χ1) is 8.24. The van der Waals surface area contributed by atoms with E-state index in [2.05, 4.69) is 19.9 Å². The number of aromatic nitrogens is 4. The molecule has 0 aliphatic heterocycles. The van der Waals surface area contributed by atoms with Crippen molar-refractivity contribution in [2.75, 3.05) is 0 Å². The van der Waals surface area contributed by atoms with Gasteiger partial charge in [0, 0.05) is 11.8 Å². The number of benzene rings is 1. The van der Waals surface area contributed by atoms with Gasteiger partial charge >= 0.3 is 0 Å². The van der Waals surface area contributed by atoms with Gasteiger partial charge in [0.2, 0.25) is 0 Å². The fraction of sp³-hybridized carbons (Fsp3) is 0. The zero-order valence-electron chi connectivity index (χ0n) is 9.68. The van der Waals surface area contributed by atoms with E-state index in [4.69, 9.17) is 11.1 Å². The smallest absolute Gasteiger partial charge is 0.158 e. The fourth-order valence-electron chi connectivity index (χ4n) is 1.68. The van der Waals surface area contributed by atoms with E-state index in [0.29, 0.717) is 11.4 Å². The summed E-state index contributed by atoms with van der Waals surface area (Å²) in [6.07, 6.45) is 3.37. The minimum Gasteiger partial charge on any atom is -0.384 e. The molecule has 1 aromatic carbocycles. The lowest BCUT2D eigenvalue weighted by molar-refractivity contribution is 1.26. The van der Waals surface area contributed by atoms with Gasteiger partial charge in [-0.15, -0.1) is 24.8 Å². The van der Waals surface area contributed by atoms with Crippen molar-refractivity contribution in [3.8, 4) is 11.5 Å². The molecule has 0 saturated heterocycles. The SMILES string of the molecule is Cl.Cl.N=C(N)c1ccc2[nH]c(-c3c[nH]cn3)nc2c1. The molecule has 100 valence electrons. The van der Waals surface area contributed by atoms with E-state index in [-0.39, 0.29) is 30.6 Å². The lowest BCUT2D eigenvalue weighted by Crippen LogP contribution is -2.10. The van der Waals surface area contributed by atoms with Crippen molar-refractivity contribution < 1.29 is 0 Å². The Morgan fingerprint density at radius 1 is 1.26 bits per heavy atom. The molecule has 5 N–H and O–H groups in total. The van der Waals surface area contributed by atoms with E-state index in [1.54, 1.807) is 24.7 Å². The zero-order valence-corrected chi connectivity index (χ0v) is 11.3. The topological polar surface area (TPSA) is 107 Å². The molecule has 8 heteroatoms. The average Bonchev–Trinajstić information content (AvgIpc) is 2.96. The maximum absolute atomic E-state index is 7.38. The first-order valence-corrected chi connectivity index (χ1v) is 5.07. The lowest BCUT2D eigenvalue weighted by atomic mass is 10.2. The number of halogens is 2. The predicted molar refractivity (Wildman–Crippen MR) is 79.2 cm³/mol. The van der Waals surface area contributed by atoms with Crippen LogP contribution in [0.15, 0.2) is 30.7 Å². The van der Waals surface area contributed by atoms with Gasteiger partial charge in [-0.1, -0.05) is 0 Å². The van der Waals surface area contributed by atoms with Crippen LogP contribution in [-0.4, -0.2) is 25.8 Å². The van der Waals surface area contributed by atoms with Crippen molar-refractivity contribution in [2.45, 2.75) is 0 Å². The van der Waals surface area contributed by atoms with Crippen LogP contribution in [-0.2, 0) is 0 Å². The number of hydrogen-bond acceptors (Lipinski definition) is 3. The summed E-state index contributed by atoms with van der Waals surface area (Å²) >= 11 is 0. The standard InChI is InChI=1S/C11H10N6.2ClH/c12-10(13)6-1-2-7-8(3-6)17-11(16-7)9-4-14-5-15-9;;/h1-5H,(H3,12,13)(H,14,15)(H,16,17);2*1H. The Labute approximate surface area is 121 Å². The lowest BCUT2D eigenvalue weighted by Gasteiger charge is -1.95. The number of nitrogens with one attached hydrogen (secondary N) is 3. The number of imidazole rings is 2. The third-order valence-electron chi connectivity index (χ3n) is 2.53. The van der Waals surface area contributed by atoms with Crippen molar-refractivity contribution >= 4 is 41.7 Å². The highest BCUT2D eigenvalue weighted by Crippen LogP contribution is 2.19. The van der Waals surface area contributed by atoms with Gasteiger partial charge in [0.1, 0.15) is 11.5 Å². The largest absolute Gasteiger partial charge is 0.384 e. The second kappa shape index (κ2) is 5.73. The predicted octanol–water partition coefficient (Wildman–Crippen LogP) is 2.08. The first kappa shape index (κ1) is 15.0. The molecule has 0 bridgehead atoms. The molecule has 0 aliphatic rings. The minimum absolute atomic E-state index is 0. The monoisotopic (exact) mass is 298 g/mol. The highest BCUT2D eigenvalue weighted by atomic mass is 35.5. The molecule has 0 unspecified atom stereocenters. The highest BCUT2D eigenvalue weighted by Gasteiger charge is 2.07. The molecule has 2 heterocycles. The zero-order chi connectivity index (χ0) is 11.8. The molecule has 0 radical (unpaired) electrons. The van der Waals surface area contributed by atoms with Crippen LogP contribution >= 0.6 is 24.8 Å². The third-order valence-corrected chi connectivity index (χ3v) is 2.53. The third kappa shape index (κ3) is 2.69. The average molecular weight is 299 g/mol. The van der Waals surface area contributed by atoms with Crippen LogP contribution in [0, 0.1) is 5.41 Å². The van der Waals surface area contributed by atoms with E-state index in [9.17, 15) is 0 Å². The number of rotatable bonds is 2. The summed E-state index contributed by atoms with van der Waals surface area (Å²) in [7, 11) is 0. The molecule has 0 spiro atoms. The number of aromatic amines is 2. The van der Waals surface area contributed by atoms with Crippen molar-refractivity contribution in [3.63, 3.8) is 0 Å². The summed E-state index contributed by atoms with van der Waals surface area (Å²) in [5.41, 5.74) is 8.52. The van der Waals surface area contributed by atoms with Crippen LogP contribution in [0.4, 0.5) is 0 Å². The molecule has 0 aliphatic carbocycles. The summed E-state index contributed by atoms with van der Waals surface area (Å²) in [5.74, 6) is 0.734. The van der Waals surface area contributed by atoms with Gasteiger partial charge in [-0.05, 0) is 18.2 Å². The molecule has 2 aromatic heterocycles. The quantitative estimate of drug-likeness (QED) is 0.430. The first-order valence-electron chi connectivity index (χ1n) is 5.07. The fourth-order valence-corrected chi connectivity index (χ4v) is 1.68. The molecular formula is C11H12Cl2N6. The van der Waals surface area contributed by atoms with Gasteiger partial charge in [-0.25, -0.2) is 9.97 Å². The van der Waals surface area contributed by atoms with Crippen molar-refractivity contribution in [3.05, 3.63) is 36.3 Å². The van der Waals surface area contributed by atoms with Crippen LogP contribution in [0.25, 0.3) is 22.6 Å². The number of fused-ring (bicyclic) bond motifs is 1. The van der Waals surface area contributed by atoms with E-state index in [0.717, 1.165) is 16.7 Å². The van der Waals surface area contributed by atoms with Gasteiger partial charge in [0.15, 0.2) is 5.82 Å². The Morgan fingerprint density at radius 2 is 2.05 bits per heavy atom. The minimum atomic E-state index is 0. The number of amidine groups is 1. The number of hydrogen-bond donors (Lipinski definition) is 4. The van der Waals surface area contributed by atoms with Gasteiger partial charge in [0.25, 0.3) is 0 Å². The van der Waals surface area contributed by atoms with E-state index in [1.165, 1.54) is 0 Å². The Morgan fingerprint density at radius 3 is 2.68 bits per heavy atom. The highest BCUT2D eigenvalue weighted by molar-refractivity contribution is 5.98. The second-order valence-electron chi connectivity index (χ2n) is 3.69. The normalized spacial score (nSPS) is 9.68. The Bertz CT molecular complexity index is 688. The molecule has 0 fully saturated rings. The molecule has 0 atom stereocenters. The van der Waals surface area contributed by atoms with Crippen LogP contribution in [0.2, 0.25) is 0 Å². The second-order valence-corrected chi connectivity index (χ2v) is 3.69. The van der Waals surface area contributed by atoms with Crippen molar-refractivity contribution in [1.29, 1.82) is 5.41 Å². The Kier molecular flexibility index (Phi) is 4.52. The molecule has 3 rings (SSSR count). The molecular weight excluding hydrogens is 287 g/mol. The number of nitrogen functional groups attached to an aromatic ring is 1.